The topological polar surface area (TPSA) is 79.9 Å². The standard InChI is InChI=1S/C17H27N3O4S/c1-23-15(24-2)11-19-17(22)16(21)18-10-14(13-6-9-25-12-13)20-7-4-3-5-8-20/h6,9,12,14-15H,3-5,7-8,10-11H2,1-2H3,(H,18,21)(H,19,22). The number of likely N-dealkylation sites (tertiary alicyclic amines) is 1. The molecule has 2 rings (SSSR count). The number of piperidine rings is 1. The molecular weight excluding hydrogens is 342 g/mol. The maximum Gasteiger partial charge on any atom is 0.309 e. The Bertz CT molecular complexity index is 528. The maximum absolute atomic E-state index is 12.1. The summed E-state index contributed by atoms with van der Waals surface area (Å²) in [5.74, 6) is -1.31. The predicted octanol–water partition coefficient (Wildman–Crippen LogP) is 1.13. The van der Waals surface area contributed by atoms with Gasteiger partial charge >= 0.3 is 11.8 Å². The number of hydrogen-bond acceptors (Lipinski definition) is 6. The third-order valence-corrected chi connectivity index (χ3v) is 5.08. The molecule has 140 valence electrons. The Morgan fingerprint density at radius 2 is 1.76 bits per heavy atom. The normalized spacial score (nSPS) is 16.6. The zero-order chi connectivity index (χ0) is 18.1. The number of amides is 2. The lowest BCUT2D eigenvalue weighted by Crippen LogP contribution is -2.46. The minimum absolute atomic E-state index is 0.106. The minimum Gasteiger partial charge on any atom is -0.354 e. The number of nitrogens with one attached hydrogen (secondary N) is 2. The van der Waals surface area contributed by atoms with Crippen molar-refractivity contribution in [1.29, 1.82) is 0 Å². The lowest BCUT2D eigenvalue weighted by molar-refractivity contribution is -0.141. The van der Waals surface area contributed by atoms with Crippen molar-refractivity contribution < 1.29 is 19.1 Å². The predicted molar refractivity (Wildman–Crippen MR) is 96.3 cm³/mol. The highest BCUT2D eigenvalue weighted by molar-refractivity contribution is 7.07. The highest BCUT2D eigenvalue weighted by Gasteiger charge is 2.24. The second kappa shape index (κ2) is 10.5. The molecule has 2 amide bonds. The van der Waals surface area contributed by atoms with Crippen LogP contribution in [0.4, 0.5) is 0 Å². The Morgan fingerprint density at radius 1 is 1.12 bits per heavy atom. The fourth-order valence-electron chi connectivity index (χ4n) is 2.94. The summed E-state index contributed by atoms with van der Waals surface area (Å²) in [7, 11) is 2.95. The molecule has 0 aromatic carbocycles. The van der Waals surface area contributed by atoms with Gasteiger partial charge in [0.25, 0.3) is 0 Å². The van der Waals surface area contributed by atoms with E-state index in [1.165, 1.54) is 39.0 Å². The van der Waals surface area contributed by atoms with E-state index in [-0.39, 0.29) is 12.6 Å². The molecule has 1 aliphatic rings. The molecule has 0 spiro atoms. The van der Waals surface area contributed by atoms with Crippen molar-refractivity contribution in [2.45, 2.75) is 31.6 Å². The Kier molecular flexibility index (Phi) is 8.33. The Balaban J connectivity index is 1.86. The van der Waals surface area contributed by atoms with Gasteiger partial charge in [0.2, 0.25) is 0 Å². The third kappa shape index (κ3) is 6.07. The second-order valence-corrected chi connectivity index (χ2v) is 6.77. The summed E-state index contributed by atoms with van der Waals surface area (Å²) >= 11 is 1.64. The van der Waals surface area contributed by atoms with Crippen molar-refractivity contribution >= 4 is 23.2 Å². The van der Waals surface area contributed by atoms with E-state index in [0.717, 1.165) is 13.1 Å². The molecule has 2 N–H and O–H groups in total. The molecule has 1 aliphatic heterocycles. The van der Waals surface area contributed by atoms with Crippen LogP contribution in [-0.2, 0) is 19.1 Å². The number of hydrogen-bond donors (Lipinski definition) is 2. The van der Waals surface area contributed by atoms with E-state index in [4.69, 9.17) is 9.47 Å². The molecule has 7 nitrogen and oxygen atoms in total. The van der Waals surface area contributed by atoms with E-state index in [9.17, 15) is 9.59 Å². The number of carbonyl (C=O) groups is 2. The number of rotatable bonds is 8. The molecule has 0 bridgehead atoms. The number of methoxy groups -OCH3 is 2. The van der Waals surface area contributed by atoms with Crippen LogP contribution in [0.15, 0.2) is 16.8 Å². The first-order valence-corrected chi connectivity index (χ1v) is 9.47. The number of ether oxygens (including phenoxy) is 2. The van der Waals surface area contributed by atoms with Gasteiger partial charge in [0, 0.05) is 20.8 Å². The van der Waals surface area contributed by atoms with Crippen LogP contribution in [0.3, 0.4) is 0 Å². The van der Waals surface area contributed by atoms with E-state index in [0.29, 0.717) is 6.54 Å². The van der Waals surface area contributed by atoms with Gasteiger partial charge in [0.15, 0.2) is 6.29 Å². The fraction of sp³-hybridized carbons (Fsp3) is 0.647. The smallest absolute Gasteiger partial charge is 0.309 e. The van der Waals surface area contributed by atoms with Crippen molar-refractivity contribution in [1.82, 2.24) is 15.5 Å². The van der Waals surface area contributed by atoms with Crippen LogP contribution in [0.25, 0.3) is 0 Å². The Morgan fingerprint density at radius 3 is 2.32 bits per heavy atom. The van der Waals surface area contributed by atoms with Gasteiger partial charge in [-0.05, 0) is 48.3 Å². The van der Waals surface area contributed by atoms with Crippen LogP contribution >= 0.6 is 11.3 Å². The van der Waals surface area contributed by atoms with Gasteiger partial charge < -0.3 is 20.1 Å². The number of nitrogens with zero attached hydrogens (tertiary/aromatic N) is 1. The molecule has 0 saturated carbocycles. The summed E-state index contributed by atoms with van der Waals surface area (Å²) in [5, 5.41) is 9.41. The molecule has 1 aromatic heterocycles. The highest BCUT2D eigenvalue weighted by atomic mass is 32.1. The van der Waals surface area contributed by atoms with Crippen LogP contribution in [0.1, 0.15) is 30.9 Å². The van der Waals surface area contributed by atoms with E-state index < -0.39 is 18.1 Å². The van der Waals surface area contributed by atoms with Crippen LogP contribution in [0.2, 0.25) is 0 Å². The van der Waals surface area contributed by atoms with Crippen LogP contribution in [0, 0.1) is 0 Å². The third-order valence-electron chi connectivity index (χ3n) is 4.38. The number of carbonyl (C=O) groups excluding carboxylic acids is 2. The van der Waals surface area contributed by atoms with E-state index in [1.807, 2.05) is 5.38 Å². The first kappa shape index (κ1) is 19.8. The minimum atomic E-state index is -0.679. The molecule has 1 fully saturated rings. The molecule has 0 aliphatic carbocycles. The summed E-state index contributed by atoms with van der Waals surface area (Å²) in [4.78, 5) is 26.4. The average molecular weight is 369 g/mol. The van der Waals surface area contributed by atoms with Crippen LogP contribution in [0.5, 0.6) is 0 Å². The quantitative estimate of drug-likeness (QED) is 0.530. The molecule has 1 aromatic rings. The summed E-state index contributed by atoms with van der Waals surface area (Å²) in [6.07, 6.45) is 3.03. The first-order valence-electron chi connectivity index (χ1n) is 8.53. The van der Waals surface area contributed by atoms with Crippen molar-refractivity contribution in [3.63, 3.8) is 0 Å². The largest absolute Gasteiger partial charge is 0.354 e. The first-order chi connectivity index (χ1) is 12.2. The summed E-state index contributed by atoms with van der Waals surface area (Å²) in [6, 6.07) is 2.19. The molecule has 1 saturated heterocycles. The average Bonchev–Trinajstić information content (AvgIpc) is 3.17. The molecule has 25 heavy (non-hydrogen) atoms. The summed E-state index contributed by atoms with van der Waals surface area (Å²) in [6.45, 7) is 2.58. The van der Waals surface area contributed by atoms with Gasteiger partial charge in [0.05, 0.1) is 12.6 Å². The monoisotopic (exact) mass is 369 g/mol. The van der Waals surface area contributed by atoms with Gasteiger partial charge in [-0.15, -0.1) is 0 Å². The van der Waals surface area contributed by atoms with Crippen molar-refractivity contribution in [2.24, 2.45) is 0 Å². The van der Waals surface area contributed by atoms with E-state index in [2.05, 4.69) is 27.0 Å². The van der Waals surface area contributed by atoms with Gasteiger partial charge in [0.1, 0.15) is 0 Å². The lowest BCUT2D eigenvalue weighted by atomic mass is 10.0. The Hall–Kier alpha value is -1.48. The Labute approximate surface area is 152 Å². The van der Waals surface area contributed by atoms with Crippen molar-refractivity contribution in [3.8, 4) is 0 Å². The summed E-state index contributed by atoms with van der Waals surface area (Å²) in [5.41, 5.74) is 1.19. The lowest BCUT2D eigenvalue weighted by Gasteiger charge is -2.34. The van der Waals surface area contributed by atoms with Crippen molar-refractivity contribution in [3.05, 3.63) is 22.4 Å². The van der Waals surface area contributed by atoms with Crippen LogP contribution < -0.4 is 10.6 Å². The molecule has 0 radical (unpaired) electrons. The SMILES string of the molecule is COC(CNC(=O)C(=O)NCC(c1ccsc1)N1CCCCC1)OC. The molecule has 8 heteroatoms. The van der Waals surface area contributed by atoms with Gasteiger partial charge in [-0.2, -0.15) is 11.3 Å². The van der Waals surface area contributed by atoms with Crippen molar-refractivity contribution in [2.75, 3.05) is 40.4 Å². The zero-order valence-electron chi connectivity index (χ0n) is 14.8. The second-order valence-electron chi connectivity index (χ2n) is 5.99. The van der Waals surface area contributed by atoms with E-state index in [1.54, 1.807) is 11.3 Å². The van der Waals surface area contributed by atoms with Gasteiger partial charge in [-0.25, -0.2) is 0 Å². The van der Waals surface area contributed by atoms with Gasteiger partial charge in [-0.3, -0.25) is 14.5 Å². The zero-order valence-corrected chi connectivity index (χ0v) is 15.6. The van der Waals surface area contributed by atoms with Crippen LogP contribution in [-0.4, -0.2) is 63.4 Å². The molecule has 1 unspecified atom stereocenters. The van der Waals surface area contributed by atoms with Gasteiger partial charge in [-0.1, -0.05) is 6.42 Å². The molecule has 2 heterocycles. The molecular formula is C17H27N3O4S. The fourth-order valence-corrected chi connectivity index (χ4v) is 3.65. The summed E-state index contributed by atoms with van der Waals surface area (Å²) < 4.78 is 9.96. The molecule has 1 atom stereocenters. The maximum atomic E-state index is 12.1. The van der Waals surface area contributed by atoms with E-state index >= 15 is 0 Å². The number of thiophene rings is 1. The highest BCUT2D eigenvalue weighted by Crippen LogP contribution is 2.25.